The van der Waals surface area contributed by atoms with Gasteiger partial charge in [0.25, 0.3) is 0 Å². The van der Waals surface area contributed by atoms with Gasteiger partial charge in [0.2, 0.25) is 0 Å². The first-order valence-corrected chi connectivity index (χ1v) is 5.89. The maximum atomic E-state index is 11.9. The molecule has 0 heterocycles. The molecular weight excluding hydrogens is 249 g/mol. The number of hydrogen-bond donors (Lipinski definition) is 2. The van der Waals surface area contributed by atoms with Gasteiger partial charge in [0.1, 0.15) is 0 Å². The Morgan fingerprint density at radius 1 is 1.29 bits per heavy atom. The molecule has 1 N–H and O–H groups in total. The molecule has 2 aliphatic carbocycles. The quantitative estimate of drug-likeness (QED) is 0.791. The highest BCUT2D eigenvalue weighted by Crippen LogP contribution is 2.45. The van der Waals surface area contributed by atoms with Crippen molar-refractivity contribution < 1.29 is 18.3 Å². The summed E-state index contributed by atoms with van der Waals surface area (Å²) in [5.41, 5.74) is 0.0469. The molecule has 0 aliphatic heterocycles. The molecule has 0 saturated carbocycles. The molecule has 0 fully saturated rings. The van der Waals surface area contributed by atoms with Gasteiger partial charge in [0.15, 0.2) is 0 Å². The van der Waals surface area contributed by atoms with Crippen molar-refractivity contribution in [2.24, 2.45) is 0 Å². The van der Waals surface area contributed by atoms with Gasteiger partial charge in [0, 0.05) is 5.75 Å². The maximum absolute atomic E-state index is 11.9. The average molecular weight is 264 g/mol. The van der Waals surface area contributed by atoms with Crippen LogP contribution >= 0.6 is 12.6 Å². The van der Waals surface area contributed by atoms with Crippen LogP contribution in [-0.4, -0.2) is 16.5 Å². The molecule has 0 amide bonds. The fraction of sp³-hybridized carbons (Fsp3) is 0.500. The van der Waals surface area contributed by atoms with Crippen molar-refractivity contribution in [3.8, 4) is 11.1 Å². The summed E-state index contributed by atoms with van der Waals surface area (Å²) < 4.78 is 35.7. The maximum Gasteiger partial charge on any atom is 0.417 e. The van der Waals surface area contributed by atoms with E-state index in [2.05, 4.69) is 12.6 Å². The number of halogens is 3. The van der Waals surface area contributed by atoms with Crippen LogP contribution < -0.4 is 0 Å². The largest absolute Gasteiger partial charge is 0.417 e. The number of thiol groups is 1. The van der Waals surface area contributed by atoms with Crippen LogP contribution in [0.2, 0.25) is 0 Å². The summed E-state index contributed by atoms with van der Waals surface area (Å²) >= 11 is 3.93. The normalized spacial score (nSPS) is 15.7. The number of aliphatic hydroxyl groups is 1. The van der Waals surface area contributed by atoms with Crippen molar-refractivity contribution in [2.75, 3.05) is 5.75 Å². The van der Waals surface area contributed by atoms with E-state index in [0.29, 0.717) is 11.3 Å². The lowest BCUT2D eigenvalue weighted by atomic mass is 10.1. The van der Waals surface area contributed by atoms with E-state index in [-0.39, 0.29) is 0 Å². The van der Waals surface area contributed by atoms with Crippen LogP contribution in [0.3, 0.4) is 0 Å². The molecule has 96 valence electrons. The summed E-state index contributed by atoms with van der Waals surface area (Å²) in [6, 6.07) is 4.13. The third-order valence-electron chi connectivity index (χ3n) is 2.65. The topological polar surface area (TPSA) is 20.2 Å². The molecule has 0 spiro atoms. The Kier molecular flexibility index (Phi) is 4.15. The Hall–Kier alpha value is -0.680. The minimum absolute atomic E-state index is 0.368. The Balaban J connectivity index is 0.000000185. The highest BCUT2D eigenvalue weighted by Gasteiger charge is 2.37. The van der Waals surface area contributed by atoms with Gasteiger partial charge in [-0.2, -0.15) is 25.8 Å². The van der Waals surface area contributed by atoms with Crippen LogP contribution in [0.4, 0.5) is 13.2 Å². The van der Waals surface area contributed by atoms with Crippen molar-refractivity contribution in [2.45, 2.75) is 32.0 Å². The fourth-order valence-corrected chi connectivity index (χ4v) is 1.34. The molecule has 0 aromatic heterocycles. The first-order chi connectivity index (χ1) is 7.71. The van der Waals surface area contributed by atoms with Crippen molar-refractivity contribution >= 4 is 12.6 Å². The van der Waals surface area contributed by atoms with Crippen LogP contribution in [-0.2, 0) is 6.18 Å². The Morgan fingerprint density at radius 3 is 2.00 bits per heavy atom. The molecule has 0 radical (unpaired) electrons. The summed E-state index contributed by atoms with van der Waals surface area (Å²) in [4.78, 5) is 0. The molecule has 1 atom stereocenters. The molecule has 2 rings (SSSR count). The standard InChI is InChI=1S/C7H3F3.C5H12OS/c8-7(9,10)6-2-1-4-3-5(4)6;1-3-5(2,6)4-7/h1-3H;6-7H,3-4H2,1-2H3. The summed E-state index contributed by atoms with van der Waals surface area (Å²) in [6.07, 6.45) is -3.39. The number of fused-ring (bicyclic) bond motifs is 1. The highest BCUT2D eigenvalue weighted by atomic mass is 32.1. The predicted molar refractivity (Wildman–Crippen MR) is 65.2 cm³/mol. The second-order valence-corrected chi connectivity index (χ2v) is 4.58. The van der Waals surface area contributed by atoms with E-state index in [9.17, 15) is 13.2 Å². The van der Waals surface area contributed by atoms with Crippen LogP contribution in [0.1, 0.15) is 25.8 Å². The Morgan fingerprint density at radius 2 is 1.88 bits per heavy atom. The van der Waals surface area contributed by atoms with Gasteiger partial charge in [-0.3, -0.25) is 0 Å². The van der Waals surface area contributed by atoms with Crippen LogP contribution in [0.15, 0.2) is 18.2 Å². The summed E-state index contributed by atoms with van der Waals surface area (Å²) in [7, 11) is 0. The molecule has 1 unspecified atom stereocenters. The van der Waals surface area contributed by atoms with E-state index >= 15 is 0 Å². The SMILES string of the molecule is CCC(C)(O)CS.FC(F)(F)c1ccc2cc1-2. The van der Waals surface area contributed by atoms with Gasteiger partial charge in [-0.25, -0.2) is 0 Å². The first kappa shape index (κ1) is 14.4. The van der Waals surface area contributed by atoms with Crippen molar-refractivity contribution in [3.63, 3.8) is 0 Å². The monoisotopic (exact) mass is 264 g/mol. The lowest BCUT2D eigenvalue weighted by molar-refractivity contribution is -0.136. The van der Waals surface area contributed by atoms with E-state index in [0.717, 1.165) is 18.1 Å². The molecule has 17 heavy (non-hydrogen) atoms. The van der Waals surface area contributed by atoms with E-state index in [1.807, 2.05) is 6.92 Å². The minimum atomic E-state index is -4.17. The van der Waals surface area contributed by atoms with Crippen LogP contribution in [0, 0.1) is 0 Å². The van der Waals surface area contributed by atoms with Crippen LogP contribution in [0.25, 0.3) is 11.1 Å². The number of alkyl halides is 3. The zero-order valence-corrected chi connectivity index (χ0v) is 10.6. The molecule has 0 aromatic carbocycles. The van der Waals surface area contributed by atoms with Crippen LogP contribution in [0.5, 0.6) is 0 Å². The fourth-order valence-electron chi connectivity index (χ4n) is 1.11. The molecule has 0 bridgehead atoms. The minimum Gasteiger partial charge on any atom is -0.389 e. The zero-order chi connectivity index (χ0) is 13.3. The second-order valence-electron chi connectivity index (χ2n) is 4.27. The summed E-state index contributed by atoms with van der Waals surface area (Å²) in [5.74, 6) is 0.545. The first-order valence-electron chi connectivity index (χ1n) is 5.26. The van der Waals surface area contributed by atoms with Gasteiger partial charge >= 0.3 is 6.18 Å². The smallest absolute Gasteiger partial charge is 0.389 e. The number of benzene rings is 1. The summed E-state index contributed by atoms with van der Waals surface area (Å²) in [6.45, 7) is 3.72. The molecule has 2 aliphatic rings. The van der Waals surface area contributed by atoms with Crippen molar-refractivity contribution in [3.05, 3.63) is 23.8 Å². The lowest BCUT2D eigenvalue weighted by Gasteiger charge is -2.16. The van der Waals surface area contributed by atoms with Gasteiger partial charge in [-0.1, -0.05) is 13.0 Å². The van der Waals surface area contributed by atoms with E-state index < -0.39 is 17.3 Å². The van der Waals surface area contributed by atoms with E-state index in [4.69, 9.17) is 5.11 Å². The van der Waals surface area contributed by atoms with Crippen molar-refractivity contribution in [1.82, 2.24) is 0 Å². The average Bonchev–Trinajstić information content (AvgIpc) is 2.88. The zero-order valence-electron chi connectivity index (χ0n) is 9.67. The Bertz CT molecular complexity index is 393. The highest BCUT2D eigenvalue weighted by molar-refractivity contribution is 7.80. The van der Waals surface area contributed by atoms with Gasteiger partial charge in [-0.15, -0.1) is 0 Å². The summed E-state index contributed by atoms with van der Waals surface area (Å²) in [5, 5.41) is 9.06. The van der Waals surface area contributed by atoms with Gasteiger partial charge in [0.05, 0.1) is 11.2 Å². The van der Waals surface area contributed by atoms with Crippen molar-refractivity contribution in [1.29, 1.82) is 0 Å². The van der Waals surface area contributed by atoms with E-state index in [1.165, 1.54) is 12.1 Å². The Labute approximate surface area is 104 Å². The third-order valence-corrected chi connectivity index (χ3v) is 3.34. The van der Waals surface area contributed by atoms with Gasteiger partial charge < -0.3 is 5.11 Å². The molecule has 5 heteroatoms. The lowest BCUT2D eigenvalue weighted by Crippen LogP contribution is -2.24. The molecule has 0 saturated heterocycles. The molecule has 1 nitrogen and oxygen atoms in total. The second kappa shape index (κ2) is 4.90. The molecule has 0 aromatic rings. The third kappa shape index (κ3) is 3.92. The predicted octanol–water partition coefficient (Wildman–Crippen LogP) is 3.76. The van der Waals surface area contributed by atoms with Gasteiger partial charge in [-0.05, 0) is 36.6 Å². The van der Waals surface area contributed by atoms with E-state index in [1.54, 1.807) is 6.92 Å². The molecular formula is C12H15F3OS. The number of hydrogen-bond acceptors (Lipinski definition) is 2. The number of rotatable bonds is 2.